The number of hydrogen-bond acceptors (Lipinski definition) is 2. The molecule has 0 aliphatic rings. The molecule has 0 amide bonds. The molecule has 2 heteroatoms. The van der Waals surface area contributed by atoms with Gasteiger partial charge >= 0.3 is 0 Å². The van der Waals surface area contributed by atoms with E-state index in [0.29, 0.717) is 0 Å². The summed E-state index contributed by atoms with van der Waals surface area (Å²) < 4.78 is 0. The lowest BCUT2D eigenvalue weighted by Crippen LogP contribution is -2.05. The van der Waals surface area contributed by atoms with Crippen LogP contribution in [0.4, 0.5) is 5.69 Å². The van der Waals surface area contributed by atoms with Crippen molar-refractivity contribution >= 4 is 5.69 Å². The number of unbranched alkanes of at least 4 members (excludes halogenated alkanes) is 1. The monoisotopic (exact) mass is 230 g/mol. The Hall–Kier alpha value is -1.49. The van der Waals surface area contributed by atoms with Crippen molar-refractivity contribution in [2.45, 2.75) is 40.0 Å². The SMILES string of the molecule is Cc1cccc(C#N)c1NCCCCC(C)C. The van der Waals surface area contributed by atoms with Gasteiger partial charge in [0.1, 0.15) is 6.07 Å². The summed E-state index contributed by atoms with van der Waals surface area (Å²) in [5, 5.41) is 12.4. The van der Waals surface area contributed by atoms with E-state index >= 15 is 0 Å². The van der Waals surface area contributed by atoms with Gasteiger partial charge < -0.3 is 5.32 Å². The molecule has 0 saturated carbocycles. The van der Waals surface area contributed by atoms with Crippen molar-refractivity contribution < 1.29 is 0 Å². The zero-order valence-corrected chi connectivity index (χ0v) is 11.1. The molecular weight excluding hydrogens is 208 g/mol. The summed E-state index contributed by atoms with van der Waals surface area (Å²) in [6.07, 6.45) is 3.69. The average molecular weight is 230 g/mol. The molecule has 92 valence electrons. The highest BCUT2D eigenvalue weighted by Gasteiger charge is 2.03. The molecular formula is C15H22N2. The summed E-state index contributed by atoms with van der Waals surface area (Å²) in [4.78, 5) is 0. The van der Waals surface area contributed by atoms with Gasteiger partial charge in [-0.1, -0.05) is 38.8 Å². The van der Waals surface area contributed by atoms with Gasteiger partial charge in [-0.3, -0.25) is 0 Å². The average Bonchev–Trinajstić information content (AvgIpc) is 2.30. The maximum atomic E-state index is 9.03. The van der Waals surface area contributed by atoms with Crippen molar-refractivity contribution in [3.63, 3.8) is 0 Å². The lowest BCUT2D eigenvalue weighted by atomic mass is 10.1. The lowest BCUT2D eigenvalue weighted by molar-refractivity contribution is 0.545. The first kappa shape index (κ1) is 13.6. The zero-order chi connectivity index (χ0) is 12.7. The Kier molecular flexibility index (Phi) is 5.56. The Labute approximate surface area is 105 Å². The molecule has 0 aliphatic carbocycles. The quantitative estimate of drug-likeness (QED) is 0.747. The van der Waals surface area contributed by atoms with Gasteiger partial charge in [0.25, 0.3) is 0 Å². The molecule has 0 aliphatic heterocycles. The molecule has 17 heavy (non-hydrogen) atoms. The molecule has 1 aromatic rings. The standard InChI is InChI=1S/C15H22N2/c1-12(2)7-4-5-10-17-15-13(3)8-6-9-14(15)11-16/h6,8-9,12,17H,4-5,7,10H2,1-3H3. The van der Waals surface area contributed by atoms with Gasteiger partial charge in [-0.05, 0) is 30.9 Å². The van der Waals surface area contributed by atoms with E-state index in [1.165, 1.54) is 12.8 Å². The van der Waals surface area contributed by atoms with E-state index in [1.807, 2.05) is 25.1 Å². The third-order valence-electron chi connectivity index (χ3n) is 2.90. The molecule has 0 heterocycles. The third kappa shape index (κ3) is 4.48. The minimum atomic E-state index is 0.744. The van der Waals surface area contributed by atoms with Crippen molar-refractivity contribution in [1.82, 2.24) is 0 Å². The van der Waals surface area contributed by atoms with E-state index < -0.39 is 0 Å². The van der Waals surface area contributed by atoms with Crippen LogP contribution in [0.5, 0.6) is 0 Å². The summed E-state index contributed by atoms with van der Waals surface area (Å²) in [5.41, 5.74) is 2.89. The summed E-state index contributed by atoms with van der Waals surface area (Å²) >= 11 is 0. The Bertz CT molecular complexity index is 388. The van der Waals surface area contributed by atoms with Crippen LogP contribution in [0.3, 0.4) is 0 Å². The van der Waals surface area contributed by atoms with Crippen molar-refractivity contribution in [2.75, 3.05) is 11.9 Å². The number of benzene rings is 1. The van der Waals surface area contributed by atoms with E-state index in [9.17, 15) is 0 Å². The maximum Gasteiger partial charge on any atom is 0.101 e. The summed E-state index contributed by atoms with van der Waals surface area (Å²) in [6.45, 7) is 7.49. The van der Waals surface area contributed by atoms with Crippen LogP contribution in [0.1, 0.15) is 44.2 Å². The third-order valence-corrected chi connectivity index (χ3v) is 2.90. The van der Waals surface area contributed by atoms with Crippen LogP contribution in [-0.4, -0.2) is 6.54 Å². The number of para-hydroxylation sites is 1. The van der Waals surface area contributed by atoms with Gasteiger partial charge in [0, 0.05) is 6.54 Å². The second-order valence-electron chi connectivity index (χ2n) is 4.93. The van der Waals surface area contributed by atoms with Crippen LogP contribution in [-0.2, 0) is 0 Å². The van der Waals surface area contributed by atoms with Gasteiger partial charge in [0.15, 0.2) is 0 Å². The second kappa shape index (κ2) is 6.96. The molecule has 0 saturated heterocycles. The van der Waals surface area contributed by atoms with Crippen molar-refractivity contribution in [1.29, 1.82) is 5.26 Å². The zero-order valence-electron chi connectivity index (χ0n) is 11.1. The van der Waals surface area contributed by atoms with Gasteiger partial charge in [-0.15, -0.1) is 0 Å². The summed E-state index contributed by atoms with van der Waals surface area (Å²) in [6, 6.07) is 8.06. The molecule has 0 atom stereocenters. The van der Waals surface area contributed by atoms with E-state index in [1.54, 1.807) is 0 Å². The van der Waals surface area contributed by atoms with E-state index in [2.05, 4.69) is 25.2 Å². The molecule has 0 spiro atoms. The fourth-order valence-corrected chi connectivity index (χ4v) is 1.89. The molecule has 1 rings (SSSR count). The van der Waals surface area contributed by atoms with E-state index in [4.69, 9.17) is 5.26 Å². The van der Waals surface area contributed by atoms with Gasteiger partial charge in [-0.2, -0.15) is 5.26 Å². The first-order valence-corrected chi connectivity index (χ1v) is 6.38. The number of nitrogens with one attached hydrogen (secondary N) is 1. The predicted molar refractivity (Wildman–Crippen MR) is 73.1 cm³/mol. The van der Waals surface area contributed by atoms with Crippen molar-refractivity contribution in [2.24, 2.45) is 5.92 Å². The highest BCUT2D eigenvalue weighted by atomic mass is 14.9. The molecule has 0 fully saturated rings. The minimum absolute atomic E-state index is 0.744. The minimum Gasteiger partial charge on any atom is -0.384 e. The smallest absolute Gasteiger partial charge is 0.101 e. The highest BCUT2D eigenvalue weighted by molar-refractivity contribution is 5.62. The number of rotatable bonds is 6. The number of aryl methyl sites for hydroxylation is 1. The Balaban J connectivity index is 2.44. The Morgan fingerprint density at radius 2 is 2.06 bits per heavy atom. The molecule has 0 aromatic heterocycles. The first-order chi connectivity index (χ1) is 8.15. The lowest BCUT2D eigenvalue weighted by Gasteiger charge is -2.11. The molecule has 0 unspecified atom stereocenters. The first-order valence-electron chi connectivity index (χ1n) is 6.38. The summed E-state index contributed by atoms with van der Waals surface area (Å²) in [7, 11) is 0. The fraction of sp³-hybridized carbons (Fsp3) is 0.533. The largest absolute Gasteiger partial charge is 0.384 e. The van der Waals surface area contributed by atoms with E-state index in [-0.39, 0.29) is 0 Å². The number of anilines is 1. The van der Waals surface area contributed by atoms with E-state index in [0.717, 1.165) is 35.7 Å². The number of nitrogens with zero attached hydrogens (tertiary/aromatic N) is 1. The molecule has 0 bridgehead atoms. The maximum absolute atomic E-state index is 9.03. The van der Waals surface area contributed by atoms with Gasteiger partial charge in [0.05, 0.1) is 11.3 Å². The van der Waals surface area contributed by atoms with Crippen LogP contribution >= 0.6 is 0 Å². The normalized spacial score (nSPS) is 10.3. The van der Waals surface area contributed by atoms with Crippen molar-refractivity contribution in [3.8, 4) is 6.07 Å². The second-order valence-corrected chi connectivity index (χ2v) is 4.93. The molecule has 1 aromatic carbocycles. The topological polar surface area (TPSA) is 35.8 Å². The number of hydrogen-bond donors (Lipinski definition) is 1. The van der Waals surface area contributed by atoms with Crippen LogP contribution in [0.15, 0.2) is 18.2 Å². The fourth-order valence-electron chi connectivity index (χ4n) is 1.89. The molecule has 2 nitrogen and oxygen atoms in total. The highest BCUT2D eigenvalue weighted by Crippen LogP contribution is 2.19. The number of nitriles is 1. The van der Waals surface area contributed by atoms with Crippen molar-refractivity contribution in [3.05, 3.63) is 29.3 Å². The Morgan fingerprint density at radius 1 is 1.29 bits per heavy atom. The van der Waals surface area contributed by atoms with Gasteiger partial charge in [0.2, 0.25) is 0 Å². The summed E-state index contributed by atoms with van der Waals surface area (Å²) in [5.74, 6) is 0.781. The predicted octanol–water partition coefficient (Wildman–Crippen LogP) is 4.10. The van der Waals surface area contributed by atoms with Crippen LogP contribution < -0.4 is 5.32 Å². The van der Waals surface area contributed by atoms with Crippen LogP contribution in [0.25, 0.3) is 0 Å². The van der Waals surface area contributed by atoms with Gasteiger partial charge in [-0.25, -0.2) is 0 Å². The van der Waals surface area contributed by atoms with Crippen LogP contribution in [0.2, 0.25) is 0 Å². The van der Waals surface area contributed by atoms with Crippen LogP contribution in [0, 0.1) is 24.2 Å². The Morgan fingerprint density at radius 3 is 2.71 bits per heavy atom. The molecule has 1 N–H and O–H groups in total. The molecule has 0 radical (unpaired) electrons.